The number of fused-ring (bicyclic) bond motifs is 3. The van der Waals surface area contributed by atoms with E-state index in [2.05, 4.69) is 25.1 Å². The summed E-state index contributed by atoms with van der Waals surface area (Å²) >= 11 is 0. The number of nitrogens with zero attached hydrogens (tertiary/aromatic N) is 5. The predicted octanol–water partition coefficient (Wildman–Crippen LogP) is 4.73. The quantitative estimate of drug-likeness (QED) is 0.0686. The van der Waals surface area contributed by atoms with Crippen LogP contribution < -0.4 is 16.0 Å². The number of Topliss-reactive ketones (excluding diaryl/α,β-unsaturated/α-hetero) is 3. The SMILES string of the molecule is COCCOCCN1CCN(c2ncc(CNC(=O)O[C@@H]3CC[C@@H](C[C@@H](N)[C@@H]4CC(=O)[C@H](C)/C=C(\C)[C@@H](O)[C@@H](O)C(=O)[C@H](C)C[C@H](C)/C=C/C=C/C=C(\C)[C@@H](OC)C[C@@H]5CC[C@@H](C)[C@@](O)(O5)C(=O)C(=O)N5CCCC[C@H]5C(=O)O4)C[C@H]3OC)cn2)CC1. The Labute approximate surface area is 513 Å². The van der Waals surface area contributed by atoms with Crippen LogP contribution in [0, 0.1) is 29.6 Å². The number of amides is 2. The summed E-state index contributed by atoms with van der Waals surface area (Å²) in [5.74, 6) is -8.54. The number of carbonyl (C=O) groups excluding carboxylic acids is 6. The van der Waals surface area contributed by atoms with E-state index in [0.29, 0.717) is 82.7 Å². The Morgan fingerprint density at radius 1 is 0.828 bits per heavy atom. The zero-order valence-electron chi connectivity index (χ0n) is 52.7. The number of allylic oxidation sites excluding steroid dienone is 6. The van der Waals surface area contributed by atoms with Crippen LogP contribution in [0.3, 0.4) is 0 Å². The molecule has 6 rings (SSSR count). The van der Waals surface area contributed by atoms with Crippen molar-refractivity contribution in [2.24, 2.45) is 35.3 Å². The Morgan fingerprint density at radius 2 is 1.56 bits per heavy atom. The first-order valence-corrected chi connectivity index (χ1v) is 31.3. The van der Waals surface area contributed by atoms with E-state index in [9.17, 15) is 44.1 Å². The van der Waals surface area contributed by atoms with Crippen molar-refractivity contribution in [1.82, 2.24) is 25.1 Å². The summed E-state index contributed by atoms with van der Waals surface area (Å²) in [5, 5.41) is 37.3. The number of piperidine rings is 1. The molecule has 3 saturated heterocycles. The van der Waals surface area contributed by atoms with E-state index < -0.39 is 114 Å². The minimum Gasteiger partial charge on any atom is -0.459 e. The molecule has 486 valence electrons. The fraction of sp³-hybridized carbons (Fsp3) is 0.719. The van der Waals surface area contributed by atoms with Crippen molar-refractivity contribution in [2.45, 2.75) is 186 Å². The Hall–Kier alpha value is -5.34. The fourth-order valence-corrected chi connectivity index (χ4v) is 12.4. The molecule has 0 unspecified atom stereocenters. The molecule has 1 saturated carbocycles. The molecular formula is C64H99N7O16. The second-order valence-electron chi connectivity index (χ2n) is 24.6. The van der Waals surface area contributed by atoms with Crippen LogP contribution in [-0.2, 0) is 63.7 Å². The number of esters is 1. The van der Waals surface area contributed by atoms with Crippen LogP contribution in [0.25, 0.3) is 0 Å². The normalized spacial score (nSPS) is 34.4. The minimum absolute atomic E-state index is 0.0114. The number of aliphatic hydroxyl groups is 3. The molecule has 4 aliphatic heterocycles. The number of anilines is 1. The van der Waals surface area contributed by atoms with Crippen LogP contribution in [-0.4, -0.2) is 211 Å². The van der Waals surface area contributed by atoms with Crippen molar-refractivity contribution in [3.63, 3.8) is 0 Å². The molecule has 1 aromatic rings. The van der Waals surface area contributed by atoms with Gasteiger partial charge in [0.25, 0.3) is 11.7 Å². The molecule has 15 atom stereocenters. The standard InChI is InChI=1S/C64H99N7O16/c1-40-15-11-10-12-16-41(2)53(82-8)35-48-20-18-45(6)64(80,87-48)59(76)60(77)71-22-14-13-17-50(71)61(78)85-54(36-51(72)42(3)32-44(5)57(74)58(75)56(73)43(4)31-40)49(65)33-46-19-21-52(55(34-46)83-9)86-63(79)68-39-47-37-66-62(67-38-47)70-25-23-69(24-26-70)27-28-84-30-29-81-7/h10-12,15-16,32,37-38,40,42-43,45-46,48-50,52-55,57-58,74-75,80H,13-14,17-31,33-36,39,65H2,1-9H3,(H,68,79)/b12-10+,15-11+,41-16+,44-32+/t40-,42-,43-,45-,46+,48+,49-,50+,52-,53+,54+,55-,57-,58+,64-/m1/s1. The highest BCUT2D eigenvalue weighted by Crippen LogP contribution is 2.37. The van der Waals surface area contributed by atoms with Gasteiger partial charge in [0.05, 0.1) is 38.1 Å². The smallest absolute Gasteiger partial charge is 0.407 e. The number of methoxy groups -OCH3 is 3. The maximum atomic E-state index is 14.6. The summed E-state index contributed by atoms with van der Waals surface area (Å²) < 4.78 is 40.7. The first-order chi connectivity index (χ1) is 41.6. The third-order valence-corrected chi connectivity index (χ3v) is 18.0. The van der Waals surface area contributed by atoms with E-state index in [4.69, 9.17) is 38.9 Å². The van der Waals surface area contributed by atoms with Gasteiger partial charge in [-0.15, -0.1) is 0 Å². The van der Waals surface area contributed by atoms with Crippen molar-refractivity contribution in [3.05, 3.63) is 65.6 Å². The largest absolute Gasteiger partial charge is 0.459 e. The van der Waals surface area contributed by atoms with E-state index in [-0.39, 0.29) is 56.2 Å². The Morgan fingerprint density at radius 3 is 2.26 bits per heavy atom. The lowest BCUT2D eigenvalue weighted by Crippen LogP contribution is -2.61. The number of carbonyl (C=O) groups is 6. The lowest BCUT2D eigenvalue weighted by atomic mass is 9.80. The second-order valence-corrected chi connectivity index (χ2v) is 24.6. The molecule has 2 bridgehead atoms. The number of hydrogen-bond acceptors (Lipinski definition) is 21. The molecule has 4 fully saturated rings. The predicted molar refractivity (Wildman–Crippen MR) is 324 cm³/mol. The van der Waals surface area contributed by atoms with Crippen molar-refractivity contribution < 1.29 is 77.2 Å². The Balaban J connectivity index is 1.14. The van der Waals surface area contributed by atoms with Gasteiger partial charge < -0.3 is 69.3 Å². The van der Waals surface area contributed by atoms with Gasteiger partial charge in [-0.05, 0) is 101 Å². The molecule has 1 aliphatic carbocycles. The highest BCUT2D eigenvalue weighted by Gasteiger charge is 2.53. The number of rotatable bonds is 15. The maximum absolute atomic E-state index is 14.6. The van der Waals surface area contributed by atoms with E-state index >= 15 is 0 Å². The van der Waals surface area contributed by atoms with E-state index in [1.807, 2.05) is 44.2 Å². The zero-order chi connectivity index (χ0) is 63.4. The summed E-state index contributed by atoms with van der Waals surface area (Å²) in [5.41, 5.74) is 8.72. The topological polar surface area (TPSA) is 301 Å². The van der Waals surface area contributed by atoms with Gasteiger partial charge in [0.15, 0.2) is 5.78 Å². The molecule has 0 spiro atoms. The first-order valence-electron chi connectivity index (χ1n) is 31.3. The molecule has 6 N–H and O–H groups in total. The highest BCUT2D eigenvalue weighted by molar-refractivity contribution is 6.39. The van der Waals surface area contributed by atoms with Gasteiger partial charge in [-0.2, -0.15) is 0 Å². The first kappa shape index (κ1) is 70.7. The van der Waals surface area contributed by atoms with Gasteiger partial charge in [0.2, 0.25) is 11.7 Å². The molecular weight excluding hydrogens is 1120 g/mol. The number of cyclic esters (lactones) is 1. The van der Waals surface area contributed by atoms with Crippen molar-refractivity contribution in [1.29, 1.82) is 0 Å². The number of nitrogens with one attached hydrogen (secondary N) is 1. The molecule has 5 aliphatic rings. The summed E-state index contributed by atoms with van der Waals surface area (Å²) in [6.45, 7) is 16.3. The monoisotopic (exact) mass is 1220 g/mol. The third kappa shape index (κ3) is 20.3. The lowest BCUT2D eigenvalue weighted by molar-refractivity contribution is -0.265. The van der Waals surface area contributed by atoms with Gasteiger partial charge in [0, 0.05) is 122 Å². The third-order valence-electron chi connectivity index (χ3n) is 18.0. The van der Waals surface area contributed by atoms with Crippen molar-refractivity contribution in [3.8, 4) is 0 Å². The van der Waals surface area contributed by atoms with Crippen molar-refractivity contribution in [2.75, 3.05) is 85.3 Å². The van der Waals surface area contributed by atoms with Crippen LogP contribution in [0.5, 0.6) is 0 Å². The number of aromatic nitrogens is 2. The lowest BCUT2D eigenvalue weighted by Gasteiger charge is -2.42. The zero-order valence-corrected chi connectivity index (χ0v) is 52.7. The van der Waals surface area contributed by atoms with Crippen LogP contribution in [0.2, 0.25) is 0 Å². The number of ether oxygens (including phenoxy) is 7. The Bertz CT molecular complexity index is 2540. The number of alkyl carbamates (subject to hydrolysis) is 1. The number of hydrogen-bond donors (Lipinski definition) is 5. The van der Waals surface area contributed by atoms with Crippen LogP contribution >= 0.6 is 0 Å². The fourth-order valence-electron chi connectivity index (χ4n) is 12.4. The van der Waals surface area contributed by atoms with Gasteiger partial charge >= 0.3 is 12.1 Å². The maximum Gasteiger partial charge on any atom is 0.407 e. The average molecular weight is 1220 g/mol. The Kier molecular flexibility index (Phi) is 28.1. The number of aliphatic hydroxyl groups excluding tert-OH is 2. The van der Waals surface area contributed by atoms with Crippen LogP contribution in [0.1, 0.15) is 124 Å². The molecule has 87 heavy (non-hydrogen) atoms. The highest BCUT2D eigenvalue weighted by atomic mass is 16.6. The van der Waals surface area contributed by atoms with Gasteiger partial charge in [0.1, 0.15) is 36.2 Å². The molecule has 23 nitrogen and oxygen atoms in total. The van der Waals surface area contributed by atoms with Crippen LogP contribution in [0.4, 0.5) is 10.7 Å². The van der Waals surface area contributed by atoms with E-state index in [0.717, 1.165) is 43.2 Å². The average Bonchev–Trinajstić information content (AvgIpc) is 1.66. The van der Waals surface area contributed by atoms with Gasteiger partial charge in [-0.1, -0.05) is 64.2 Å². The van der Waals surface area contributed by atoms with E-state index in [1.54, 1.807) is 47.4 Å². The molecule has 2 amide bonds. The van der Waals surface area contributed by atoms with Crippen molar-refractivity contribution >= 4 is 41.3 Å². The minimum atomic E-state index is -2.50. The molecule has 0 aromatic carbocycles. The van der Waals surface area contributed by atoms with Gasteiger partial charge in [-0.3, -0.25) is 24.1 Å². The summed E-state index contributed by atoms with van der Waals surface area (Å²) in [6.07, 6.45) is 10.5. The van der Waals surface area contributed by atoms with E-state index in [1.165, 1.54) is 20.1 Å². The number of nitrogens with two attached hydrogens (primary N) is 1. The number of ketones is 3. The summed E-state index contributed by atoms with van der Waals surface area (Å²) in [7, 11) is 4.73. The summed E-state index contributed by atoms with van der Waals surface area (Å²) in [6, 6.07) is -2.21. The molecule has 0 radical (unpaired) electrons. The van der Waals surface area contributed by atoms with Crippen LogP contribution in [0.15, 0.2) is 60.0 Å². The summed E-state index contributed by atoms with van der Waals surface area (Å²) in [4.78, 5) is 99.2. The second kappa shape index (κ2) is 34.6. The number of piperazine rings is 1. The molecule has 1 aromatic heterocycles. The molecule has 23 heteroatoms. The molecule has 5 heterocycles. The van der Waals surface area contributed by atoms with Gasteiger partial charge in [-0.25, -0.2) is 19.6 Å².